The molecule has 4 heteroatoms. The minimum absolute atomic E-state index is 0.202. The summed E-state index contributed by atoms with van der Waals surface area (Å²) in [6.07, 6.45) is 4.48. The minimum atomic E-state index is 0.202. The number of furan rings is 1. The van der Waals surface area contributed by atoms with Crippen molar-refractivity contribution < 1.29 is 9.21 Å². The first-order valence-corrected chi connectivity index (χ1v) is 6.23. The fourth-order valence-corrected chi connectivity index (χ4v) is 2.20. The average Bonchev–Trinajstić information content (AvgIpc) is 2.98. The van der Waals surface area contributed by atoms with Crippen LogP contribution in [0.25, 0.3) is 0 Å². The Kier molecular flexibility index (Phi) is 4.20. The molecule has 2 rings (SSSR count). The number of amides is 1. The number of rotatable bonds is 5. The number of carbonyl (C=O) groups excluding carboxylic acids is 1. The Morgan fingerprint density at radius 3 is 3.18 bits per heavy atom. The van der Waals surface area contributed by atoms with Crippen LogP contribution in [0.1, 0.15) is 25.0 Å². The van der Waals surface area contributed by atoms with Crippen LogP contribution in [0.2, 0.25) is 0 Å². The maximum atomic E-state index is 11.9. The zero-order valence-corrected chi connectivity index (χ0v) is 10.3. The molecule has 1 unspecified atom stereocenters. The molecule has 1 N–H and O–H groups in total. The number of hydrogen-bond donors (Lipinski definition) is 1. The van der Waals surface area contributed by atoms with Gasteiger partial charge < -0.3 is 14.6 Å². The summed E-state index contributed by atoms with van der Waals surface area (Å²) in [7, 11) is 1.83. The predicted octanol–water partition coefficient (Wildman–Crippen LogP) is 1.63. The van der Waals surface area contributed by atoms with Crippen molar-refractivity contribution >= 4 is 5.91 Å². The quantitative estimate of drug-likeness (QED) is 0.845. The summed E-state index contributed by atoms with van der Waals surface area (Å²) in [5.74, 6) is 1.72. The van der Waals surface area contributed by atoms with E-state index in [0.29, 0.717) is 18.9 Å². The van der Waals surface area contributed by atoms with Gasteiger partial charge in [0.25, 0.3) is 0 Å². The molecule has 0 bridgehead atoms. The molecule has 1 fully saturated rings. The summed E-state index contributed by atoms with van der Waals surface area (Å²) >= 11 is 0. The molecule has 1 aromatic heterocycles. The van der Waals surface area contributed by atoms with Crippen LogP contribution in [0.15, 0.2) is 22.8 Å². The molecular weight excluding hydrogens is 216 g/mol. The highest BCUT2D eigenvalue weighted by molar-refractivity contribution is 5.75. The van der Waals surface area contributed by atoms with Gasteiger partial charge in [0.15, 0.2) is 0 Å². The first kappa shape index (κ1) is 12.2. The second-order valence-electron chi connectivity index (χ2n) is 4.73. The summed E-state index contributed by atoms with van der Waals surface area (Å²) in [4.78, 5) is 13.6. The predicted molar refractivity (Wildman–Crippen MR) is 65.4 cm³/mol. The lowest BCUT2D eigenvalue weighted by Crippen LogP contribution is -2.26. The third kappa shape index (κ3) is 3.60. The molecule has 1 amide bonds. The smallest absolute Gasteiger partial charge is 0.222 e. The highest BCUT2D eigenvalue weighted by Gasteiger charge is 2.17. The Bertz CT molecular complexity index is 342. The Labute approximate surface area is 102 Å². The molecule has 94 valence electrons. The standard InChI is InChI=1S/C13H20N2O2/c1-15(10-12-3-2-8-17-12)13(16)5-4-11-6-7-14-9-11/h2-3,8,11,14H,4-7,9-10H2,1H3. The van der Waals surface area contributed by atoms with Crippen LogP contribution in [0, 0.1) is 5.92 Å². The number of nitrogens with one attached hydrogen (secondary N) is 1. The van der Waals surface area contributed by atoms with Gasteiger partial charge in [0.1, 0.15) is 5.76 Å². The zero-order chi connectivity index (χ0) is 12.1. The second-order valence-corrected chi connectivity index (χ2v) is 4.73. The Balaban J connectivity index is 1.71. The van der Waals surface area contributed by atoms with Gasteiger partial charge in [-0.05, 0) is 44.0 Å². The number of hydrogen-bond acceptors (Lipinski definition) is 3. The van der Waals surface area contributed by atoms with E-state index in [2.05, 4.69) is 5.32 Å². The van der Waals surface area contributed by atoms with Gasteiger partial charge in [-0.25, -0.2) is 0 Å². The van der Waals surface area contributed by atoms with Gasteiger partial charge in [0, 0.05) is 13.5 Å². The molecular formula is C13H20N2O2. The van der Waals surface area contributed by atoms with Crippen molar-refractivity contribution in [2.75, 3.05) is 20.1 Å². The fraction of sp³-hybridized carbons (Fsp3) is 0.615. The highest BCUT2D eigenvalue weighted by Crippen LogP contribution is 2.15. The van der Waals surface area contributed by atoms with E-state index in [0.717, 1.165) is 25.3 Å². The van der Waals surface area contributed by atoms with E-state index < -0.39 is 0 Å². The maximum absolute atomic E-state index is 11.9. The minimum Gasteiger partial charge on any atom is -0.467 e. The third-order valence-corrected chi connectivity index (χ3v) is 3.33. The van der Waals surface area contributed by atoms with Gasteiger partial charge in [0.2, 0.25) is 5.91 Å². The van der Waals surface area contributed by atoms with Crippen molar-refractivity contribution in [1.29, 1.82) is 0 Å². The van der Waals surface area contributed by atoms with E-state index in [1.165, 1.54) is 6.42 Å². The van der Waals surface area contributed by atoms with Gasteiger partial charge in [-0.15, -0.1) is 0 Å². The van der Waals surface area contributed by atoms with Crippen molar-refractivity contribution in [2.45, 2.75) is 25.8 Å². The van der Waals surface area contributed by atoms with Crippen LogP contribution in [0.4, 0.5) is 0 Å². The van der Waals surface area contributed by atoms with Crippen molar-refractivity contribution in [3.63, 3.8) is 0 Å². The lowest BCUT2D eigenvalue weighted by Gasteiger charge is -2.16. The molecule has 1 aromatic rings. The number of nitrogens with zero attached hydrogens (tertiary/aromatic N) is 1. The zero-order valence-electron chi connectivity index (χ0n) is 10.3. The monoisotopic (exact) mass is 236 g/mol. The van der Waals surface area contributed by atoms with Crippen LogP contribution in [0.5, 0.6) is 0 Å². The molecule has 0 radical (unpaired) electrons. The van der Waals surface area contributed by atoms with E-state index in [-0.39, 0.29) is 5.91 Å². The first-order chi connectivity index (χ1) is 8.25. The molecule has 0 saturated carbocycles. The van der Waals surface area contributed by atoms with Crippen molar-refractivity contribution in [3.8, 4) is 0 Å². The molecule has 4 nitrogen and oxygen atoms in total. The first-order valence-electron chi connectivity index (χ1n) is 6.23. The average molecular weight is 236 g/mol. The van der Waals surface area contributed by atoms with E-state index in [4.69, 9.17) is 4.42 Å². The SMILES string of the molecule is CN(Cc1ccco1)C(=O)CCC1CCNC1. The maximum Gasteiger partial charge on any atom is 0.222 e. The Morgan fingerprint density at radius 2 is 2.53 bits per heavy atom. The molecule has 1 atom stereocenters. The molecule has 1 saturated heterocycles. The topological polar surface area (TPSA) is 45.5 Å². The van der Waals surface area contributed by atoms with Crippen molar-refractivity contribution in [2.24, 2.45) is 5.92 Å². The van der Waals surface area contributed by atoms with E-state index in [1.54, 1.807) is 11.2 Å². The molecule has 17 heavy (non-hydrogen) atoms. The second kappa shape index (κ2) is 5.87. The van der Waals surface area contributed by atoms with E-state index >= 15 is 0 Å². The highest BCUT2D eigenvalue weighted by atomic mass is 16.3. The molecule has 1 aliphatic heterocycles. The van der Waals surface area contributed by atoms with Gasteiger partial charge in [-0.3, -0.25) is 4.79 Å². The Hall–Kier alpha value is -1.29. The largest absolute Gasteiger partial charge is 0.467 e. The van der Waals surface area contributed by atoms with Crippen molar-refractivity contribution in [1.82, 2.24) is 10.2 Å². The van der Waals surface area contributed by atoms with Gasteiger partial charge >= 0.3 is 0 Å². The van der Waals surface area contributed by atoms with Crippen LogP contribution >= 0.6 is 0 Å². The number of carbonyl (C=O) groups is 1. The molecule has 0 aliphatic carbocycles. The van der Waals surface area contributed by atoms with Gasteiger partial charge in [-0.2, -0.15) is 0 Å². The summed E-state index contributed by atoms with van der Waals surface area (Å²) in [5, 5.41) is 3.32. The molecule has 1 aliphatic rings. The fourth-order valence-electron chi connectivity index (χ4n) is 2.20. The van der Waals surface area contributed by atoms with Gasteiger partial charge in [0.05, 0.1) is 12.8 Å². The summed E-state index contributed by atoms with van der Waals surface area (Å²) in [6, 6.07) is 3.74. The molecule has 0 aromatic carbocycles. The normalized spacial score (nSPS) is 19.5. The summed E-state index contributed by atoms with van der Waals surface area (Å²) in [6.45, 7) is 2.73. The van der Waals surface area contributed by atoms with Crippen LogP contribution in [-0.2, 0) is 11.3 Å². The Morgan fingerprint density at radius 1 is 1.65 bits per heavy atom. The molecule has 0 spiro atoms. The van der Waals surface area contributed by atoms with Crippen LogP contribution in [-0.4, -0.2) is 30.9 Å². The van der Waals surface area contributed by atoms with Crippen LogP contribution < -0.4 is 5.32 Å². The van der Waals surface area contributed by atoms with Crippen molar-refractivity contribution in [3.05, 3.63) is 24.2 Å². The third-order valence-electron chi connectivity index (χ3n) is 3.33. The molecule has 2 heterocycles. The summed E-state index contributed by atoms with van der Waals surface area (Å²) < 4.78 is 5.23. The van der Waals surface area contributed by atoms with E-state index in [1.807, 2.05) is 19.2 Å². The van der Waals surface area contributed by atoms with E-state index in [9.17, 15) is 4.79 Å². The lowest BCUT2D eigenvalue weighted by molar-refractivity contribution is -0.130. The summed E-state index contributed by atoms with van der Waals surface area (Å²) in [5.41, 5.74) is 0. The van der Waals surface area contributed by atoms with Gasteiger partial charge in [-0.1, -0.05) is 0 Å². The van der Waals surface area contributed by atoms with Crippen LogP contribution in [0.3, 0.4) is 0 Å². The lowest BCUT2D eigenvalue weighted by atomic mass is 10.0.